The first-order valence-electron chi connectivity index (χ1n) is 30.9. The van der Waals surface area contributed by atoms with Crippen molar-refractivity contribution in [2.45, 2.75) is 310 Å². The second kappa shape index (κ2) is 21.2. The van der Waals surface area contributed by atoms with E-state index in [0.717, 1.165) is 30.4 Å². The molecule has 84 heavy (non-hydrogen) atoms. The van der Waals surface area contributed by atoms with E-state index in [1.807, 2.05) is 0 Å². The zero-order valence-corrected chi connectivity index (χ0v) is 55.5. The number of Topliss-reactive ketones (excluding diaryl/α,β-unsaturated/α-hetero) is 6. The lowest BCUT2D eigenvalue weighted by molar-refractivity contribution is -0.291. The number of carbonyl (C=O) groups is 6. The van der Waals surface area contributed by atoms with Crippen molar-refractivity contribution in [1.82, 2.24) is 30.4 Å². The van der Waals surface area contributed by atoms with Crippen LogP contribution in [-0.2, 0) is 31.2 Å². The molecule has 18 nitrogen and oxygen atoms in total. The van der Waals surface area contributed by atoms with Gasteiger partial charge >= 0.3 is 0 Å². The molecule has 0 saturated carbocycles. The van der Waals surface area contributed by atoms with Crippen molar-refractivity contribution in [3.8, 4) is 0 Å². The summed E-state index contributed by atoms with van der Waals surface area (Å²) >= 11 is 0. The molecular weight excluding hydrogens is 1070 g/mol. The predicted molar refractivity (Wildman–Crippen MR) is 313 cm³/mol. The molecule has 0 unspecified atom stereocenters. The van der Waals surface area contributed by atoms with E-state index in [0.29, 0.717) is 0 Å². The third-order valence-electron chi connectivity index (χ3n) is 20.8. The molecule has 0 aromatic heterocycles. The fraction of sp³-hybridized carbons (Fsp3) is 0.818. The van der Waals surface area contributed by atoms with E-state index in [9.17, 15) is 31.2 Å². The molecule has 7 rings (SSSR count). The lowest BCUT2D eigenvalue weighted by atomic mass is 9.63. The van der Waals surface area contributed by atoms with Crippen LogP contribution < -0.4 is 0 Å². The van der Waals surface area contributed by atoms with Gasteiger partial charge in [0.05, 0.1) is 0 Å². The van der Waals surface area contributed by atoms with Crippen LogP contribution in [0.25, 0.3) is 0 Å². The number of hydrogen-bond donors (Lipinski definition) is 0. The van der Waals surface area contributed by atoms with E-state index in [4.69, 9.17) is 0 Å². The van der Waals surface area contributed by atoms with Crippen LogP contribution in [-0.4, -0.2) is 132 Å². The third-order valence-corrected chi connectivity index (χ3v) is 20.8. The van der Waals surface area contributed by atoms with E-state index >= 15 is 28.8 Å². The number of carbonyl (C=O) groups excluding carboxylic acids is 6. The van der Waals surface area contributed by atoms with Crippen molar-refractivity contribution in [2.75, 3.05) is 0 Å². The van der Waals surface area contributed by atoms with Gasteiger partial charge in [-0.15, -0.1) is 61.6 Å². The minimum atomic E-state index is -1.21. The third kappa shape index (κ3) is 11.8. The van der Waals surface area contributed by atoms with Gasteiger partial charge < -0.3 is 0 Å². The Bertz CT molecular complexity index is 2240. The highest BCUT2D eigenvalue weighted by Gasteiger charge is 2.59. The summed E-state index contributed by atoms with van der Waals surface area (Å²) in [4.78, 5) is 103. The second-order valence-corrected chi connectivity index (χ2v) is 34.6. The molecular formula is C66H102N6O12. The maximum atomic E-state index is 17.1. The minimum absolute atomic E-state index is 0.0802. The van der Waals surface area contributed by atoms with Crippen molar-refractivity contribution in [3.63, 3.8) is 0 Å². The van der Waals surface area contributed by atoms with E-state index in [-0.39, 0.29) is 77.0 Å². The van der Waals surface area contributed by atoms with Crippen LogP contribution in [0, 0.1) is 35.5 Å². The fourth-order valence-electron chi connectivity index (χ4n) is 18.1. The van der Waals surface area contributed by atoms with Gasteiger partial charge in [0, 0.05) is 135 Å². The first-order valence-corrected chi connectivity index (χ1v) is 30.9. The highest BCUT2D eigenvalue weighted by Crippen LogP contribution is 2.53. The molecule has 6 aliphatic rings. The van der Waals surface area contributed by atoms with Crippen LogP contribution in [0.15, 0.2) is 0 Å². The highest BCUT2D eigenvalue weighted by atomic mass is 16.5. The summed E-state index contributed by atoms with van der Waals surface area (Å²) in [6.45, 7) is 41.0. The van der Waals surface area contributed by atoms with Crippen LogP contribution in [0.2, 0.25) is 0 Å². The van der Waals surface area contributed by atoms with E-state index in [1.165, 1.54) is 0 Å². The van der Waals surface area contributed by atoms with Gasteiger partial charge in [0.1, 0.15) is 0 Å². The van der Waals surface area contributed by atoms with Gasteiger partial charge in [-0.25, -0.2) is 0 Å². The first kappa shape index (κ1) is 68.3. The minimum Gasteiger partial charge on any atom is -0.294 e. The van der Waals surface area contributed by atoms with Crippen LogP contribution in [0.3, 0.4) is 0 Å². The predicted octanol–water partition coefficient (Wildman–Crippen LogP) is 12.5. The Kier molecular flexibility index (Phi) is 17.2. The van der Waals surface area contributed by atoms with Crippen molar-refractivity contribution in [1.29, 1.82) is 0 Å². The largest absolute Gasteiger partial charge is 0.294 e. The van der Waals surface area contributed by atoms with E-state index in [2.05, 4.69) is 0 Å². The molecule has 0 aliphatic carbocycles. The van der Waals surface area contributed by atoms with Crippen LogP contribution in [0.5, 0.6) is 0 Å². The quantitative estimate of drug-likeness (QED) is 0.178. The Labute approximate surface area is 501 Å². The number of ketones is 6. The number of nitrogens with zero attached hydrogens (tertiary/aromatic N) is 6. The first-order chi connectivity index (χ1) is 37.5. The maximum Gasteiger partial charge on any atom is 0.167 e. The highest BCUT2D eigenvalue weighted by molar-refractivity contribution is 6.30. The van der Waals surface area contributed by atoms with E-state index < -0.39 is 170 Å². The SMILES string of the molecule is CC1(C)CC(C(=O)c2c(C(=O)C3CC(C)(C)N([O])C(C)(C)C3)c(C(=O)C3CC(C)(C)N([O])C(C)(C)C3)c(C(=O)C3CC(C)(C)N([O])C(C)(C)C3)c(C(=O)C3CC(C)(C)N([O])C(C)(C)C3)c2C(=O)C2CC(C)(C)N([O])C(C)(C)C2)CC(C)(C)N1[O]. The van der Waals surface area contributed by atoms with Crippen LogP contribution in [0.1, 0.15) is 305 Å². The van der Waals surface area contributed by atoms with Crippen LogP contribution >= 0.6 is 0 Å². The van der Waals surface area contributed by atoms with Crippen molar-refractivity contribution in [3.05, 3.63) is 33.4 Å². The molecule has 1 aromatic carbocycles. The summed E-state index contributed by atoms with van der Waals surface area (Å²) < 4.78 is 0. The lowest BCUT2D eigenvalue weighted by Crippen LogP contribution is -2.60. The summed E-state index contributed by atoms with van der Waals surface area (Å²) in [6, 6.07) is 0. The lowest BCUT2D eigenvalue weighted by Gasteiger charge is -2.51. The van der Waals surface area contributed by atoms with Crippen molar-refractivity contribution in [2.24, 2.45) is 35.5 Å². The number of benzene rings is 1. The van der Waals surface area contributed by atoms with Crippen LogP contribution in [0.4, 0.5) is 0 Å². The van der Waals surface area contributed by atoms with Gasteiger partial charge in [-0.2, -0.15) is 0 Å². The molecule has 1 aromatic rings. The second-order valence-electron chi connectivity index (χ2n) is 34.6. The average Bonchev–Trinajstić information content (AvgIpc) is 2.32. The molecule has 6 saturated heterocycles. The summed E-state index contributed by atoms with van der Waals surface area (Å²) in [5.74, 6) is -11.4. The monoisotopic (exact) mass is 1170 g/mol. The smallest absolute Gasteiger partial charge is 0.167 e. The molecule has 0 N–H and O–H groups in total. The fourth-order valence-corrected chi connectivity index (χ4v) is 18.1. The summed E-state index contributed by atoms with van der Waals surface area (Å²) in [5, 5.41) is 91.2. The Hall–Kier alpha value is -3.24. The van der Waals surface area contributed by atoms with Gasteiger partial charge in [0.25, 0.3) is 0 Å². The standard InChI is InChI=1S/C66H102N6O12/c1-55(2)25-37(26-56(3,4)67(55)79)49(73)43-44(50(74)38-27-57(5,6)68(80)58(7,8)28-38)46(52(76)40-31-61(13,14)70(82)62(15,16)32-40)48(54(78)42-35-65(21,22)72(84)66(23,24)36-42)47(53(77)41-33-63(17,18)71(83)64(19,20)34-41)45(43)51(75)39-29-59(9,10)69(81)60(11,12)30-39/h37-42H,25-36H2,1-24H3. The zero-order valence-electron chi connectivity index (χ0n) is 55.5. The topological polar surface area (TPSA) is 241 Å². The summed E-state index contributed by atoms with van der Waals surface area (Å²) in [6.07, 6.45) is -0.963. The van der Waals surface area contributed by atoms with Crippen molar-refractivity contribution >= 4 is 34.7 Å². The Balaban J connectivity index is 1.79. The number of hydroxylamine groups is 12. The number of rotatable bonds is 12. The Morgan fingerprint density at radius 1 is 0.202 bits per heavy atom. The molecule has 0 atom stereocenters. The van der Waals surface area contributed by atoms with Crippen molar-refractivity contribution < 1.29 is 60.0 Å². The zero-order chi connectivity index (χ0) is 64.3. The molecule has 0 spiro atoms. The molecule has 0 bridgehead atoms. The normalized spacial score (nSPS) is 28.6. The van der Waals surface area contributed by atoms with E-state index in [1.54, 1.807) is 166 Å². The number of hydrogen-bond acceptors (Lipinski definition) is 12. The molecule has 468 valence electrons. The maximum absolute atomic E-state index is 17.1. The summed E-state index contributed by atoms with van der Waals surface area (Å²) in [7, 11) is 0. The van der Waals surface area contributed by atoms with Gasteiger partial charge in [0.15, 0.2) is 34.7 Å². The Morgan fingerprint density at radius 3 is 0.345 bits per heavy atom. The molecule has 6 aliphatic heterocycles. The van der Waals surface area contributed by atoms with Gasteiger partial charge in [0.2, 0.25) is 0 Å². The average molecular weight is 1170 g/mol. The molecule has 6 radical (unpaired) electrons. The Morgan fingerprint density at radius 2 is 0.274 bits per heavy atom. The molecule has 0 amide bonds. The molecule has 6 fully saturated rings. The molecule has 18 heteroatoms. The van der Waals surface area contributed by atoms with Gasteiger partial charge in [-0.1, -0.05) is 0 Å². The summed E-state index contributed by atoms with van der Waals surface area (Å²) in [5.41, 5.74) is -17.5. The molecule has 6 heterocycles. The van der Waals surface area contributed by atoms with Gasteiger partial charge in [-0.05, 0) is 243 Å². The van der Waals surface area contributed by atoms with Gasteiger partial charge in [-0.3, -0.25) is 28.8 Å². The number of piperidine rings is 6.